The van der Waals surface area contributed by atoms with Crippen molar-refractivity contribution in [1.29, 1.82) is 0 Å². The fraction of sp³-hybridized carbons (Fsp3) is 0.364. The molecule has 14 nitrogen and oxygen atoms in total. The maximum absolute atomic E-state index is 14.3. The van der Waals surface area contributed by atoms with E-state index in [1.54, 1.807) is 36.4 Å². The summed E-state index contributed by atoms with van der Waals surface area (Å²) in [6.45, 7) is 0. The smallest absolute Gasteiger partial charge is 0.371 e. The molecule has 0 saturated carbocycles. The SMILES string of the molecule is COc1cc(OC)c([P+](CC(=O)ON2C(=O)CCC2=O)(c2c(OC)cc(OC)cc2OC)c2c(OC)cc(OC)cc2OC)c(OC)c1. The Morgan fingerprint density at radius 3 is 1.02 bits per heavy atom. The third kappa shape index (κ3) is 6.40. The average Bonchev–Trinajstić information content (AvgIpc) is 3.43. The molecule has 48 heavy (non-hydrogen) atoms. The fourth-order valence-corrected chi connectivity index (χ4v) is 10.4. The van der Waals surface area contributed by atoms with Crippen molar-refractivity contribution in [3.8, 4) is 51.7 Å². The molecule has 0 spiro atoms. The molecule has 0 aliphatic carbocycles. The van der Waals surface area contributed by atoms with Crippen LogP contribution in [0.3, 0.4) is 0 Å². The van der Waals surface area contributed by atoms with Gasteiger partial charge in [-0.2, -0.15) is 0 Å². The van der Waals surface area contributed by atoms with E-state index in [9.17, 15) is 14.4 Å². The molecule has 4 rings (SSSR count). The van der Waals surface area contributed by atoms with Gasteiger partial charge in [0.25, 0.3) is 11.8 Å². The van der Waals surface area contributed by atoms with Gasteiger partial charge in [0.05, 0.1) is 64.0 Å². The third-order valence-corrected chi connectivity index (χ3v) is 12.1. The van der Waals surface area contributed by atoms with Gasteiger partial charge in [-0.05, 0) is 0 Å². The lowest BCUT2D eigenvalue weighted by Gasteiger charge is -2.33. The lowest BCUT2D eigenvalue weighted by atomic mass is 10.3. The van der Waals surface area contributed by atoms with Crippen molar-refractivity contribution in [3.05, 3.63) is 36.4 Å². The Balaban J connectivity index is 2.32. The third-order valence-electron chi connectivity index (χ3n) is 7.78. The van der Waals surface area contributed by atoms with E-state index in [-0.39, 0.29) is 47.3 Å². The van der Waals surface area contributed by atoms with E-state index in [0.717, 1.165) is 0 Å². The van der Waals surface area contributed by atoms with Gasteiger partial charge < -0.3 is 47.5 Å². The van der Waals surface area contributed by atoms with Crippen LogP contribution in [0.25, 0.3) is 0 Å². The van der Waals surface area contributed by atoms with Crippen LogP contribution < -0.4 is 58.5 Å². The molecule has 258 valence electrons. The lowest BCUT2D eigenvalue weighted by Crippen LogP contribution is -2.41. The molecule has 1 aliphatic rings. The van der Waals surface area contributed by atoms with E-state index in [2.05, 4.69) is 0 Å². The van der Waals surface area contributed by atoms with Crippen LogP contribution in [0.1, 0.15) is 12.8 Å². The molecule has 1 fully saturated rings. The van der Waals surface area contributed by atoms with Crippen LogP contribution in [0.4, 0.5) is 0 Å². The number of methoxy groups -OCH3 is 9. The van der Waals surface area contributed by atoms with Crippen LogP contribution in [0.15, 0.2) is 36.4 Å². The zero-order chi connectivity index (χ0) is 35.2. The summed E-state index contributed by atoms with van der Waals surface area (Å²) in [5.74, 6) is 0.457. The Kier molecular flexibility index (Phi) is 11.3. The molecule has 0 unspecified atom stereocenters. The van der Waals surface area contributed by atoms with Gasteiger partial charge >= 0.3 is 5.97 Å². The van der Waals surface area contributed by atoms with Gasteiger partial charge in [-0.3, -0.25) is 9.59 Å². The molecule has 0 bridgehead atoms. The van der Waals surface area contributed by atoms with Gasteiger partial charge in [0, 0.05) is 49.2 Å². The summed E-state index contributed by atoms with van der Waals surface area (Å²) in [5.41, 5.74) is 0. The highest BCUT2D eigenvalue weighted by Crippen LogP contribution is 2.66. The summed E-state index contributed by atoms with van der Waals surface area (Å²) in [6.07, 6.45) is -0.694. The quantitative estimate of drug-likeness (QED) is 0.171. The van der Waals surface area contributed by atoms with Crippen LogP contribution >= 0.6 is 7.26 Å². The fourth-order valence-electron chi connectivity index (χ4n) is 5.65. The molecule has 2 amide bonds. The van der Waals surface area contributed by atoms with Crippen LogP contribution in [-0.4, -0.2) is 93.0 Å². The number of benzene rings is 3. The topological polar surface area (TPSA) is 147 Å². The molecule has 0 aromatic heterocycles. The van der Waals surface area contributed by atoms with Crippen molar-refractivity contribution < 1.29 is 61.9 Å². The van der Waals surface area contributed by atoms with Gasteiger partial charge in [-0.15, -0.1) is 5.06 Å². The highest BCUT2D eigenvalue weighted by atomic mass is 31.2. The zero-order valence-corrected chi connectivity index (χ0v) is 29.2. The Hall–Kier alpha value is -5.10. The summed E-state index contributed by atoms with van der Waals surface area (Å²) >= 11 is 0. The van der Waals surface area contributed by atoms with Crippen LogP contribution in [0.2, 0.25) is 0 Å². The van der Waals surface area contributed by atoms with Crippen molar-refractivity contribution in [3.63, 3.8) is 0 Å². The summed E-state index contributed by atoms with van der Waals surface area (Å²) < 4.78 is 52.7. The first-order valence-electron chi connectivity index (χ1n) is 14.5. The molecule has 3 aromatic carbocycles. The predicted octanol–water partition coefficient (Wildman–Crippen LogP) is 2.67. The van der Waals surface area contributed by atoms with Crippen molar-refractivity contribution in [2.24, 2.45) is 0 Å². The number of ether oxygens (including phenoxy) is 9. The molecule has 0 atom stereocenters. The minimum atomic E-state index is -3.76. The van der Waals surface area contributed by atoms with Crippen molar-refractivity contribution in [2.75, 3.05) is 70.2 Å². The number of carbonyl (C=O) groups excluding carboxylic acids is 3. The second-order valence-electron chi connectivity index (χ2n) is 10.2. The highest BCUT2D eigenvalue weighted by Gasteiger charge is 2.60. The largest absolute Gasteiger partial charge is 0.496 e. The molecule has 1 heterocycles. The Labute approximate surface area is 278 Å². The van der Waals surface area contributed by atoms with E-state index < -0.39 is 31.2 Å². The lowest BCUT2D eigenvalue weighted by molar-refractivity contribution is -0.195. The number of hydrogen-bond donors (Lipinski definition) is 0. The van der Waals surface area contributed by atoms with Gasteiger partial charge in [0.15, 0.2) is 56.6 Å². The predicted molar refractivity (Wildman–Crippen MR) is 176 cm³/mol. The zero-order valence-electron chi connectivity index (χ0n) is 28.3. The first-order chi connectivity index (χ1) is 23.1. The average molecular weight is 689 g/mol. The first kappa shape index (κ1) is 35.7. The van der Waals surface area contributed by atoms with E-state index in [0.29, 0.717) is 38.2 Å². The molecule has 15 heteroatoms. The summed E-state index contributed by atoms with van der Waals surface area (Å²) in [7, 11) is 9.44. The monoisotopic (exact) mass is 688 g/mol. The minimum Gasteiger partial charge on any atom is -0.496 e. The van der Waals surface area contributed by atoms with Gasteiger partial charge in [0.2, 0.25) is 0 Å². The molecule has 3 aromatic rings. The summed E-state index contributed by atoms with van der Waals surface area (Å²) in [5, 5.41) is 1.60. The van der Waals surface area contributed by atoms with Crippen molar-refractivity contribution in [2.45, 2.75) is 12.8 Å². The van der Waals surface area contributed by atoms with Crippen LogP contribution in [0, 0.1) is 0 Å². The molecule has 0 radical (unpaired) electrons. The standard InChI is InChI=1S/C33H39NO13P/c1-38-19-12-22(41-4)31(23(13-19)42-5)48(18-30(37)47-34-28(35)10-11-29(34)36,32-24(43-6)14-20(39-2)15-25(32)44-7)33-26(45-8)16-21(40-3)17-27(33)46-9/h12-17H,10-11,18H2,1-9H3/q+1. The van der Waals surface area contributed by atoms with Gasteiger partial charge in [0.1, 0.15) is 24.5 Å². The summed E-state index contributed by atoms with van der Waals surface area (Å²) in [6, 6.07) is 9.81. The van der Waals surface area contributed by atoms with Gasteiger partial charge in [-0.25, -0.2) is 4.79 Å². The Morgan fingerprint density at radius 2 is 0.792 bits per heavy atom. The number of amides is 2. The van der Waals surface area contributed by atoms with E-state index in [4.69, 9.17) is 47.5 Å². The Bertz CT molecular complexity index is 1450. The first-order valence-corrected chi connectivity index (χ1v) is 16.4. The van der Waals surface area contributed by atoms with Crippen molar-refractivity contribution in [1.82, 2.24) is 5.06 Å². The maximum Gasteiger partial charge on any atom is 0.371 e. The number of carbonyl (C=O) groups is 3. The van der Waals surface area contributed by atoms with E-state index in [1.807, 2.05) is 0 Å². The molecule has 0 N–H and O–H groups in total. The normalized spacial score (nSPS) is 12.7. The van der Waals surface area contributed by atoms with E-state index >= 15 is 0 Å². The molecular formula is C33H39NO13P+. The number of imide groups is 1. The summed E-state index contributed by atoms with van der Waals surface area (Å²) in [4.78, 5) is 45.0. The molecular weight excluding hydrogens is 649 g/mol. The van der Waals surface area contributed by atoms with Crippen molar-refractivity contribution >= 4 is 41.0 Å². The number of hydrogen-bond acceptors (Lipinski definition) is 13. The Morgan fingerprint density at radius 1 is 0.521 bits per heavy atom. The van der Waals surface area contributed by atoms with Crippen LogP contribution in [-0.2, 0) is 19.2 Å². The molecule has 1 aliphatic heterocycles. The van der Waals surface area contributed by atoms with Gasteiger partial charge in [-0.1, -0.05) is 0 Å². The number of rotatable bonds is 15. The molecule has 1 saturated heterocycles. The minimum absolute atomic E-state index is 0.0905. The highest BCUT2D eigenvalue weighted by molar-refractivity contribution is 7.97. The second kappa shape index (κ2) is 15.2. The maximum atomic E-state index is 14.3. The van der Waals surface area contributed by atoms with E-state index in [1.165, 1.54) is 64.0 Å². The van der Waals surface area contributed by atoms with Crippen LogP contribution in [0.5, 0.6) is 51.7 Å². The second-order valence-corrected chi connectivity index (χ2v) is 13.4. The number of hydroxylamine groups is 2. The number of nitrogens with zero attached hydrogens (tertiary/aromatic N) is 1.